The molecule has 6 nitrogen and oxygen atoms in total. The third kappa shape index (κ3) is 3.26. The summed E-state index contributed by atoms with van der Waals surface area (Å²) in [6.45, 7) is -0.158. The van der Waals surface area contributed by atoms with E-state index in [0.29, 0.717) is 11.5 Å². The van der Waals surface area contributed by atoms with Gasteiger partial charge in [-0.25, -0.2) is 9.67 Å². The Morgan fingerprint density at radius 3 is 2.82 bits per heavy atom. The number of anilines is 1. The van der Waals surface area contributed by atoms with E-state index in [4.69, 9.17) is 0 Å². The zero-order valence-electron chi connectivity index (χ0n) is 11.5. The van der Waals surface area contributed by atoms with Gasteiger partial charge in [0.05, 0.1) is 4.88 Å². The summed E-state index contributed by atoms with van der Waals surface area (Å²) in [5.41, 5.74) is 0.344. The van der Waals surface area contributed by atoms with E-state index >= 15 is 0 Å². The molecule has 0 aliphatic carbocycles. The van der Waals surface area contributed by atoms with Crippen LogP contribution in [0.25, 0.3) is 10.6 Å². The summed E-state index contributed by atoms with van der Waals surface area (Å²) in [5, 5.41) is 8.79. The molecular weight excluding hydrogens is 300 g/mol. The van der Waals surface area contributed by atoms with Gasteiger partial charge in [-0.3, -0.25) is 9.59 Å². The molecule has 0 aliphatic heterocycles. The van der Waals surface area contributed by atoms with E-state index in [1.165, 1.54) is 17.4 Å². The van der Waals surface area contributed by atoms with E-state index in [1.54, 1.807) is 30.5 Å². The zero-order chi connectivity index (χ0) is 15.4. The molecule has 0 saturated heterocycles. The zero-order valence-corrected chi connectivity index (χ0v) is 12.3. The van der Waals surface area contributed by atoms with Crippen LogP contribution in [0.4, 0.5) is 5.82 Å². The van der Waals surface area contributed by atoms with Gasteiger partial charge < -0.3 is 5.32 Å². The van der Waals surface area contributed by atoms with Crippen molar-refractivity contribution in [2.75, 3.05) is 5.32 Å². The molecule has 3 rings (SSSR count). The number of hydrogen-bond acceptors (Lipinski definition) is 5. The topological polar surface area (TPSA) is 76.9 Å². The number of carbonyl (C=O) groups is 1. The first-order chi connectivity index (χ1) is 10.7. The van der Waals surface area contributed by atoms with Crippen molar-refractivity contribution in [3.8, 4) is 10.6 Å². The van der Waals surface area contributed by atoms with Crippen molar-refractivity contribution in [2.45, 2.75) is 6.54 Å². The maximum absolute atomic E-state index is 12.0. The van der Waals surface area contributed by atoms with Gasteiger partial charge in [0.25, 0.3) is 5.56 Å². The van der Waals surface area contributed by atoms with E-state index in [1.807, 2.05) is 17.5 Å². The van der Waals surface area contributed by atoms with E-state index in [0.717, 1.165) is 9.56 Å². The SMILES string of the molecule is O=C(Cn1nc(-c2cccs2)ccc1=O)Nc1ccccn1. The number of nitrogens with one attached hydrogen (secondary N) is 1. The fourth-order valence-corrected chi connectivity index (χ4v) is 2.56. The van der Waals surface area contributed by atoms with Crippen molar-refractivity contribution < 1.29 is 4.79 Å². The molecule has 0 aromatic carbocycles. The predicted molar refractivity (Wildman–Crippen MR) is 84.7 cm³/mol. The van der Waals surface area contributed by atoms with Crippen LogP contribution in [0.2, 0.25) is 0 Å². The van der Waals surface area contributed by atoms with E-state index < -0.39 is 0 Å². The molecule has 0 radical (unpaired) electrons. The molecule has 3 heterocycles. The van der Waals surface area contributed by atoms with Gasteiger partial charge in [0.2, 0.25) is 5.91 Å². The van der Waals surface area contributed by atoms with Crippen molar-refractivity contribution in [2.24, 2.45) is 0 Å². The Morgan fingerprint density at radius 2 is 2.09 bits per heavy atom. The van der Waals surface area contributed by atoms with Crippen LogP contribution in [0.1, 0.15) is 0 Å². The first-order valence-corrected chi connectivity index (χ1v) is 7.43. The smallest absolute Gasteiger partial charge is 0.267 e. The number of carbonyl (C=O) groups excluding carboxylic acids is 1. The summed E-state index contributed by atoms with van der Waals surface area (Å²) in [5.74, 6) is 0.0894. The number of rotatable bonds is 4. The lowest BCUT2D eigenvalue weighted by Crippen LogP contribution is -2.29. The number of thiophene rings is 1. The molecule has 0 fully saturated rings. The second-order valence-electron chi connectivity index (χ2n) is 4.45. The number of hydrogen-bond donors (Lipinski definition) is 1. The summed E-state index contributed by atoms with van der Waals surface area (Å²) in [7, 11) is 0. The normalized spacial score (nSPS) is 10.4. The lowest BCUT2D eigenvalue weighted by molar-refractivity contribution is -0.117. The van der Waals surface area contributed by atoms with Crippen molar-refractivity contribution in [1.82, 2.24) is 14.8 Å². The maximum atomic E-state index is 12.0. The number of aromatic nitrogens is 3. The molecule has 0 bridgehead atoms. The van der Waals surface area contributed by atoms with Crippen LogP contribution in [-0.2, 0) is 11.3 Å². The summed E-state index contributed by atoms with van der Waals surface area (Å²) in [6, 6.07) is 12.1. The summed E-state index contributed by atoms with van der Waals surface area (Å²) < 4.78 is 1.15. The van der Waals surface area contributed by atoms with Crippen LogP contribution in [0.15, 0.2) is 58.8 Å². The van der Waals surface area contributed by atoms with Gasteiger partial charge in [0, 0.05) is 12.3 Å². The Kier molecular flexibility index (Phi) is 4.06. The second-order valence-corrected chi connectivity index (χ2v) is 5.40. The van der Waals surface area contributed by atoms with Gasteiger partial charge in [0.15, 0.2) is 0 Å². The van der Waals surface area contributed by atoms with Crippen molar-refractivity contribution >= 4 is 23.1 Å². The monoisotopic (exact) mass is 312 g/mol. The number of pyridine rings is 1. The van der Waals surface area contributed by atoms with Gasteiger partial charge >= 0.3 is 0 Å². The van der Waals surface area contributed by atoms with E-state index in [-0.39, 0.29) is 18.0 Å². The largest absolute Gasteiger partial charge is 0.309 e. The minimum Gasteiger partial charge on any atom is -0.309 e. The Balaban J connectivity index is 1.78. The Labute approximate surface area is 130 Å². The molecule has 0 unspecified atom stereocenters. The molecule has 1 amide bonds. The standard InChI is InChI=1S/C15H12N4O2S/c20-14(17-13-5-1-2-8-16-13)10-19-15(21)7-6-11(18-19)12-4-3-9-22-12/h1-9H,10H2,(H,16,17,20). The van der Waals surface area contributed by atoms with Gasteiger partial charge in [-0.2, -0.15) is 5.10 Å². The molecular formula is C15H12N4O2S. The van der Waals surface area contributed by atoms with Crippen LogP contribution in [0, 0.1) is 0 Å². The molecule has 7 heteroatoms. The quantitative estimate of drug-likeness (QED) is 0.799. The summed E-state index contributed by atoms with van der Waals surface area (Å²) >= 11 is 1.52. The molecule has 0 spiro atoms. The highest BCUT2D eigenvalue weighted by atomic mass is 32.1. The van der Waals surface area contributed by atoms with Crippen molar-refractivity contribution in [1.29, 1.82) is 0 Å². The molecule has 0 atom stereocenters. The fourth-order valence-electron chi connectivity index (χ4n) is 1.87. The molecule has 1 N–H and O–H groups in total. The average molecular weight is 312 g/mol. The van der Waals surface area contributed by atoms with Gasteiger partial charge in [-0.1, -0.05) is 12.1 Å². The Hall–Kier alpha value is -2.80. The minimum absolute atomic E-state index is 0.158. The van der Waals surface area contributed by atoms with Crippen LogP contribution in [0.3, 0.4) is 0 Å². The summed E-state index contributed by atoms with van der Waals surface area (Å²) in [6.07, 6.45) is 1.58. The lowest BCUT2D eigenvalue weighted by atomic mass is 10.3. The number of amides is 1. The maximum Gasteiger partial charge on any atom is 0.267 e. The van der Waals surface area contributed by atoms with Gasteiger partial charge in [-0.05, 0) is 29.6 Å². The Morgan fingerprint density at radius 1 is 1.18 bits per heavy atom. The van der Waals surface area contributed by atoms with Crippen LogP contribution in [-0.4, -0.2) is 20.7 Å². The van der Waals surface area contributed by atoms with Crippen LogP contribution >= 0.6 is 11.3 Å². The highest BCUT2D eigenvalue weighted by Gasteiger charge is 2.09. The average Bonchev–Trinajstić information content (AvgIpc) is 3.05. The van der Waals surface area contributed by atoms with Gasteiger partial charge in [0.1, 0.15) is 18.1 Å². The van der Waals surface area contributed by atoms with E-state index in [2.05, 4.69) is 15.4 Å². The highest BCUT2D eigenvalue weighted by Crippen LogP contribution is 2.20. The molecule has 3 aromatic rings. The minimum atomic E-state index is -0.350. The first-order valence-electron chi connectivity index (χ1n) is 6.55. The third-order valence-corrected chi connectivity index (χ3v) is 3.76. The molecule has 3 aromatic heterocycles. The van der Waals surface area contributed by atoms with Gasteiger partial charge in [-0.15, -0.1) is 11.3 Å². The molecule has 110 valence electrons. The van der Waals surface area contributed by atoms with Crippen molar-refractivity contribution in [3.05, 3.63) is 64.4 Å². The summed E-state index contributed by atoms with van der Waals surface area (Å²) in [4.78, 5) is 28.8. The number of nitrogens with zero attached hydrogens (tertiary/aromatic N) is 3. The fraction of sp³-hybridized carbons (Fsp3) is 0.0667. The predicted octanol–water partition coefficient (Wildman–Crippen LogP) is 2.01. The van der Waals surface area contributed by atoms with Crippen molar-refractivity contribution in [3.63, 3.8) is 0 Å². The molecule has 0 saturated carbocycles. The third-order valence-electron chi connectivity index (χ3n) is 2.87. The molecule has 0 aliphatic rings. The second kappa shape index (κ2) is 6.31. The highest BCUT2D eigenvalue weighted by molar-refractivity contribution is 7.13. The molecule has 22 heavy (non-hydrogen) atoms. The van der Waals surface area contributed by atoms with E-state index in [9.17, 15) is 9.59 Å². The lowest BCUT2D eigenvalue weighted by Gasteiger charge is -2.07. The first kappa shape index (κ1) is 14.2. The van der Waals surface area contributed by atoms with Crippen LogP contribution < -0.4 is 10.9 Å². The Bertz CT molecular complexity index is 828. The van der Waals surface area contributed by atoms with Crippen LogP contribution in [0.5, 0.6) is 0 Å².